The molecule has 11 nitrogen and oxygen atoms in total. The van der Waals surface area contributed by atoms with E-state index >= 15 is 0 Å². The van der Waals surface area contributed by atoms with Crippen molar-refractivity contribution in [1.82, 2.24) is 0 Å². The van der Waals surface area contributed by atoms with E-state index in [0.717, 1.165) is 0 Å². The largest absolute Gasteiger partial charge is 0.422 e. The fraction of sp³-hybridized carbons (Fsp3) is 0.857. The van der Waals surface area contributed by atoms with Gasteiger partial charge in [-0.25, -0.2) is 0 Å². The van der Waals surface area contributed by atoms with Gasteiger partial charge in [-0.2, -0.15) is 4.21 Å². The molecule has 0 spiro atoms. The molecule has 0 aromatic heterocycles. The van der Waals surface area contributed by atoms with Gasteiger partial charge in [-0.05, 0) is 38.5 Å². The Kier molecular flexibility index (Phi) is 11.7. The monoisotopic (exact) mass is 396 g/mol. The molecule has 12 heteroatoms. The highest BCUT2D eigenvalue weighted by atomic mass is 32.2. The molecule has 0 saturated heterocycles. The summed E-state index contributed by atoms with van der Waals surface area (Å²) in [5, 5.41) is 0. The molecule has 0 rings (SSSR count). The minimum atomic E-state index is -2.44. The van der Waals surface area contributed by atoms with Crippen molar-refractivity contribution in [3.05, 3.63) is 0 Å². The summed E-state index contributed by atoms with van der Waals surface area (Å²) < 4.78 is 20.4. The summed E-state index contributed by atoms with van der Waals surface area (Å²) in [5.74, 6) is -3.89. The Morgan fingerprint density at radius 1 is 0.654 bits per heavy atom. The lowest BCUT2D eigenvalue weighted by Crippen LogP contribution is -2.57. The van der Waals surface area contributed by atoms with E-state index < -0.39 is 34.9 Å². The summed E-state index contributed by atoms with van der Waals surface area (Å²) >= 11 is -2.44. The quantitative estimate of drug-likeness (QED) is 0.148. The Bertz CT molecular complexity index is 424. The molecule has 0 aliphatic carbocycles. The van der Waals surface area contributed by atoms with Crippen LogP contribution in [0.1, 0.15) is 64.2 Å². The van der Waals surface area contributed by atoms with Gasteiger partial charge in [-0.1, -0.05) is 12.8 Å². The third kappa shape index (κ3) is 17.7. The predicted octanol–water partition coefficient (Wildman–Crippen LogP) is -1.39. The first-order valence-corrected chi connectivity index (χ1v) is 9.46. The van der Waals surface area contributed by atoms with Crippen molar-refractivity contribution in [3.63, 3.8) is 0 Å². The maximum Gasteiger partial charge on any atom is 0.422 e. The van der Waals surface area contributed by atoms with E-state index in [1.807, 2.05) is 0 Å². The predicted molar refractivity (Wildman–Crippen MR) is 97.1 cm³/mol. The number of nitrogens with two attached hydrogens (primary N) is 6. The number of carbonyl (C=O) groups excluding carboxylic acids is 2. The van der Waals surface area contributed by atoms with Crippen molar-refractivity contribution < 1.29 is 22.2 Å². The molecule has 12 N–H and O–H groups in total. The molecule has 0 aromatic rings. The van der Waals surface area contributed by atoms with Crippen LogP contribution in [0.25, 0.3) is 0 Å². The first kappa shape index (κ1) is 24.8. The lowest BCUT2D eigenvalue weighted by molar-refractivity contribution is -0.137. The fourth-order valence-corrected chi connectivity index (χ4v) is 2.51. The van der Waals surface area contributed by atoms with Gasteiger partial charge in [0.05, 0.1) is 0 Å². The normalized spacial score (nSPS) is 12.3. The van der Waals surface area contributed by atoms with Crippen LogP contribution < -0.4 is 34.4 Å². The molecule has 0 radical (unpaired) electrons. The number of hydrogen-bond acceptors (Lipinski definition) is 11. The zero-order chi connectivity index (χ0) is 20.2. The Balaban J connectivity index is 3.73. The molecule has 154 valence electrons. The third-order valence-electron chi connectivity index (χ3n) is 3.30. The number of rotatable bonds is 14. The van der Waals surface area contributed by atoms with Crippen LogP contribution in [0.15, 0.2) is 0 Å². The van der Waals surface area contributed by atoms with Gasteiger partial charge in [-0.3, -0.25) is 9.59 Å². The molecule has 0 fully saturated rings. The molecular weight excluding hydrogens is 364 g/mol. The Morgan fingerprint density at radius 2 is 1.00 bits per heavy atom. The van der Waals surface area contributed by atoms with Crippen LogP contribution in [0.2, 0.25) is 0 Å². The fourth-order valence-electron chi connectivity index (χ4n) is 2.01. The summed E-state index contributed by atoms with van der Waals surface area (Å²) in [5.41, 5.74) is 32.5. The van der Waals surface area contributed by atoms with E-state index in [9.17, 15) is 13.8 Å². The number of hydrogen-bond donors (Lipinski definition) is 6. The summed E-state index contributed by atoms with van der Waals surface area (Å²) in [6.07, 6.45) is 4.49. The molecular formula is C14H32N6O5S. The van der Waals surface area contributed by atoms with Gasteiger partial charge in [0.15, 0.2) is 0 Å². The zero-order valence-electron chi connectivity index (χ0n) is 15.0. The van der Waals surface area contributed by atoms with E-state index in [2.05, 4.69) is 8.37 Å². The molecule has 0 amide bonds. The smallest absolute Gasteiger partial charge is 0.334 e. The van der Waals surface area contributed by atoms with Crippen LogP contribution >= 0.6 is 0 Å². The van der Waals surface area contributed by atoms with Crippen molar-refractivity contribution in [2.75, 3.05) is 0 Å². The van der Waals surface area contributed by atoms with Crippen molar-refractivity contribution in [2.45, 2.75) is 75.8 Å². The van der Waals surface area contributed by atoms with Crippen LogP contribution in [-0.2, 0) is 29.3 Å². The van der Waals surface area contributed by atoms with Gasteiger partial charge in [0.25, 0.3) is 0 Å². The maximum absolute atomic E-state index is 11.5. The molecule has 0 unspecified atom stereocenters. The molecule has 0 heterocycles. The minimum absolute atomic E-state index is 0.0367. The minimum Gasteiger partial charge on any atom is -0.334 e. The van der Waals surface area contributed by atoms with Gasteiger partial charge in [0.2, 0.25) is 0 Å². The van der Waals surface area contributed by atoms with E-state index in [1.165, 1.54) is 0 Å². The van der Waals surface area contributed by atoms with E-state index in [1.54, 1.807) is 0 Å². The third-order valence-corrected chi connectivity index (χ3v) is 3.95. The first-order valence-electron chi connectivity index (χ1n) is 8.46. The molecule has 0 atom stereocenters. The molecule has 0 aliphatic rings. The second-order valence-corrected chi connectivity index (χ2v) is 7.20. The summed E-state index contributed by atoms with van der Waals surface area (Å²) in [7, 11) is 0. The number of carbonyl (C=O) groups is 2. The van der Waals surface area contributed by atoms with Gasteiger partial charge in [-0.15, -0.1) is 0 Å². The van der Waals surface area contributed by atoms with Crippen molar-refractivity contribution in [1.29, 1.82) is 0 Å². The highest BCUT2D eigenvalue weighted by Crippen LogP contribution is 2.09. The Labute approximate surface area is 156 Å². The summed E-state index contributed by atoms with van der Waals surface area (Å²) in [6, 6.07) is 0. The first-order chi connectivity index (χ1) is 11.9. The van der Waals surface area contributed by atoms with Crippen LogP contribution in [0.4, 0.5) is 0 Å². The second kappa shape index (κ2) is 12.3. The van der Waals surface area contributed by atoms with Crippen molar-refractivity contribution >= 4 is 23.3 Å². The summed E-state index contributed by atoms with van der Waals surface area (Å²) in [6.45, 7) is 0. The SMILES string of the molecule is NC(N)(N)CCCCCC(=O)OS(=O)OC(=O)CCCCCC(N)(N)N. The molecule has 0 aliphatic heterocycles. The van der Waals surface area contributed by atoms with Gasteiger partial charge in [0.1, 0.15) is 11.6 Å². The lowest BCUT2D eigenvalue weighted by Gasteiger charge is -2.17. The Hall–Kier alpha value is -1.15. The molecule has 0 saturated carbocycles. The van der Waals surface area contributed by atoms with E-state index in [4.69, 9.17) is 34.4 Å². The van der Waals surface area contributed by atoms with Crippen LogP contribution in [-0.4, -0.2) is 27.7 Å². The van der Waals surface area contributed by atoms with Crippen molar-refractivity contribution in [2.24, 2.45) is 34.4 Å². The topological polar surface area (TPSA) is 226 Å². The average Bonchev–Trinajstić information content (AvgIpc) is 2.43. The molecule has 0 bridgehead atoms. The van der Waals surface area contributed by atoms with Gasteiger partial charge < -0.3 is 42.8 Å². The highest BCUT2D eigenvalue weighted by Gasteiger charge is 2.16. The van der Waals surface area contributed by atoms with Crippen molar-refractivity contribution in [3.8, 4) is 0 Å². The van der Waals surface area contributed by atoms with Crippen LogP contribution in [0.5, 0.6) is 0 Å². The van der Waals surface area contributed by atoms with Crippen LogP contribution in [0.3, 0.4) is 0 Å². The average molecular weight is 397 g/mol. The van der Waals surface area contributed by atoms with Gasteiger partial charge >= 0.3 is 23.3 Å². The van der Waals surface area contributed by atoms with E-state index in [0.29, 0.717) is 51.4 Å². The number of unbranched alkanes of at least 4 members (excludes halogenated alkanes) is 4. The maximum atomic E-state index is 11.5. The van der Waals surface area contributed by atoms with Gasteiger partial charge in [0, 0.05) is 12.8 Å². The lowest BCUT2D eigenvalue weighted by atomic mass is 10.1. The molecule has 0 aromatic carbocycles. The second-order valence-electron chi connectivity index (χ2n) is 6.46. The highest BCUT2D eigenvalue weighted by molar-refractivity contribution is 7.76. The Morgan fingerprint density at radius 3 is 1.31 bits per heavy atom. The standard InChI is InChI=1S/C14H32N6O5S/c15-13(16,17)9-5-1-3-7-11(21)24-26(23)25-12(22)8-4-2-6-10-14(18,19)20/h1-10,15-20H2. The molecule has 26 heavy (non-hydrogen) atoms. The van der Waals surface area contributed by atoms with Crippen LogP contribution in [0, 0.1) is 0 Å². The van der Waals surface area contributed by atoms with E-state index in [-0.39, 0.29) is 12.8 Å². The zero-order valence-corrected chi connectivity index (χ0v) is 15.8. The summed E-state index contributed by atoms with van der Waals surface area (Å²) in [4.78, 5) is 22.9.